The van der Waals surface area contributed by atoms with Gasteiger partial charge >= 0.3 is 0 Å². The van der Waals surface area contributed by atoms with Gasteiger partial charge < -0.3 is 4.74 Å². The lowest BCUT2D eigenvalue weighted by atomic mass is 10.0. The molecule has 19 heavy (non-hydrogen) atoms. The predicted octanol–water partition coefficient (Wildman–Crippen LogP) is 4.04. The third-order valence-corrected chi connectivity index (χ3v) is 3.50. The summed E-state index contributed by atoms with van der Waals surface area (Å²) in [6, 6.07) is 6.05. The highest BCUT2D eigenvalue weighted by Crippen LogP contribution is 2.28. The summed E-state index contributed by atoms with van der Waals surface area (Å²) >= 11 is 3.47. The Morgan fingerprint density at radius 3 is 2.63 bits per heavy atom. The minimum atomic E-state index is 0.649. The van der Waals surface area contributed by atoms with E-state index in [0.717, 1.165) is 34.3 Å². The second-order valence-electron chi connectivity index (χ2n) is 4.22. The molecule has 2 aromatic heterocycles. The molecule has 2 aromatic rings. The van der Waals surface area contributed by atoms with Crippen molar-refractivity contribution in [3.8, 4) is 17.1 Å². The Morgan fingerprint density at radius 1 is 1.21 bits per heavy atom. The standard InChI is InChI=1S/C15H17BrN2O/c1-4-10-8-11(16)9-17-15(10)12-6-7-14(19-3)18-13(12)5-2/h6-9H,4-5H2,1-3H3. The molecule has 0 radical (unpaired) electrons. The van der Waals surface area contributed by atoms with Gasteiger partial charge in [0.2, 0.25) is 5.88 Å². The summed E-state index contributed by atoms with van der Waals surface area (Å²) in [4.78, 5) is 9.07. The highest BCUT2D eigenvalue weighted by atomic mass is 79.9. The predicted molar refractivity (Wildman–Crippen MR) is 80.5 cm³/mol. The van der Waals surface area contributed by atoms with Gasteiger partial charge in [0.25, 0.3) is 0 Å². The van der Waals surface area contributed by atoms with Crippen LogP contribution in [0.5, 0.6) is 5.88 Å². The second-order valence-corrected chi connectivity index (χ2v) is 5.13. The van der Waals surface area contributed by atoms with Crippen molar-refractivity contribution in [2.75, 3.05) is 7.11 Å². The quantitative estimate of drug-likeness (QED) is 0.852. The van der Waals surface area contributed by atoms with Gasteiger partial charge in [0, 0.05) is 22.3 Å². The molecule has 100 valence electrons. The van der Waals surface area contributed by atoms with Crippen molar-refractivity contribution in [2.45, 2.75) is 26.7 Å². The van der Waals surface area contributed by atoms with Crippen molar-refractivity contribution in [2.24, 2.45) is 0 Å². The number of halogens is 1. The van der Waals surface area contributed by atoms with Gasteiger partial charge in [-0.25, -0.2) is 4.98 Å². The van der Waals surface area contributed by atoms with Crippen LogP contribution in [0.15, 0.2) is 28.9 Å². The monoisotopic (exact) mass is 320 g/mol. The SMILES string of the molecule is CCc1cc(Br)cnc1-c1ccc(OC)nc1CC. The van der Waals surface area contributed by atoms with E-state index in [1.807, 2.05) is 18.3 Å². The lowest BCUT2D eigenvalue weighted by molar-refractivity contribution is 0.396. The zero-order valence-corrected chi connectivity index (χ0v) is 13.0. The molecule has 0 fully saturated rings. The number of aromatic nitrogens is 2. The molecule has 0 amide bonds. The van der Waals surface area contributed by atoms with Crippen LogP contribution in [0.4, 0.5) is 0 Å². The summed E-state index contributed by atoms with van der Waals surface area (Å²) < 4.78 is 6.19. The number of rotatable bonds is 4. The number of hydrogen-bond donors (Lipinski definition) is 0. The number of methoxy groups -OCH3 is 1. The topological polar surface area (TPSA) is 35.0 Å². The summed E-state index contributed by atoms with van der Waals surface area (Å²) in [5.74, 6) is 0.649. The van der Waals surface area contributed by atoms with Gasteiger partial charge in [0.15, 0.2) is 0 Å². The van der Waals surface area contributed by atoms with E-state index in [2.05, 4.69) is 45.8 Å². The van der Waals surface area contributed by atoms with Crippen molar-refractivity contribution < 1.29 is 4.74 Å². The molecular weight excluding hydrogens is 304 g/mol. The molecule has 0 saturated heterocycles. The van der Waals surface area contributed by atoms with Gasteiger partial charge in [-0.2, -0.15) is 0 Å². The summed E-state index contributed by atoms with van der Waals surface area (Å²) in [5, 5.41) is 0. The summed E-state index contributed by atoms with van der Waals surface area (Å²) in [6.45, 7) is 4.23. The molecule has 0 unspecified atom stereocenters. The Balaban J connectivity index is 2.58. The minimum absolute atomic E-state index is 0.649. The lowest BCUT2D eigenvalue weighted by Gasteiger charge is -2.12. The van der Waals surface area contributed by atoms with Gasteiger partial charge in [0.05, 0.1) is 18.5 Å². The first-order valence-corrected chi connectivity index (χ1v) is 7.17. The molecule has 0 N–H and O–H groups in total. The Kier molecular flexibility index (Phi) is 4.53. The molecule has 0 aliphatic heterocycles. The largest absolute Gasteiger partial charge is 0.481 e. The highest BCUT2D eigenvalue weighted by molar-refractivity contribution is 9.10. The van der Waals surface area contributed by atoms with E-state index in [1.54, 1.807) is 7.11 Å². The van der Waals surface area contributed by atoms with E-state index in [0.29, 0.717) is 5.88 Å². The third kappa shape index (κ3) is 2.95. The molecule has 2 rings (SSSR count). The second kappa shape index (κ2) is 6.15. The van der Waals surface area contributed by atoms with Crippen LogP contribution in [-0.2, 0) is 12.8 Å². The lowest BCUT2D eigenvalue weighted by Crippen LogP contribution is -1.99. The summed E-state index contributed by atoms with van der Waals surface area (Å²) in [7, 11) is 1.64. The number of ether oxygens (including phenoxy) is 1. The number of pyridine rings is 2. The smallest absolute Gasteiger partial charge is 0.213 e. The van der Waals surface area contributed by atoms with Gasteiger partial charge in [-0.3, -0.25) is 4.98 Å². The van der Waals surface area contributed by atoms with Crippen molar-refractivity contribution in [3.63, 3.8) is 0 Å². The maximum absolute atomic E-state index is 5.18. The van der Waals surface area contributed by atoms with Crippen molar-refractivity contribution >= 4 is 15.9 Å². The first kappa shape index (κ1) is 14.0. The van der Waals surface area contributed by atoms with Crippen LogP contribution in [0, 0.1) is 0 Å². The number of nitrogens with zero attached hydrogens (tertiary/aromatic N) is 2. The van der Waals surface area contributed by atoms with Crippen LogP contribution < -0.4 is 4.74 Å². The van der Waals surface area contributed by atoms with Crippen molar-refractivity contribution in [3.05, 3.63) is 40.1 Å². The van der Waals surface area contributed by atoms with E-state index >= 15 is 0 Å². The molecule has 0 aromatic carbocycles. The molecule has 0 atom stereocenters. The van der Waals surface area contributed by atoms with Gasteiger partial charge in [-0.05, 0) is 46.5 Å². The van der Waals surface area contributed by atoms with Crippen LogP contribution in [0.25, 0.3) is 11.3 Å². The normalized spacial score (nSPS) is 10.5. The molecular formula is C15H17BrN2O. The Bertz CT molecular complexity index is 584. The minimum Gasteiger partial charge on any atom is -0.481 e. The Morgan fingerprint density at radius 2 is 2.00 bits per heavy atom. The molecule has 4 heteroatoms. The fraction of sp³-hybridized carbons (Fsp3) is 0.333. The van der Waals surface area contributed by atoms with Gasteiger partial charge in [-0.1, -0.05) is 13.8 Å². The van der Waals surface area contributed by atoms with E-state index in [9.17, 15) is 0 Å². The Hall–Kier alpha value is -1.42. The fourth-order valence-corrected chi connectivity index (χ4v) is 2.45. The van der Waals surface area contributed by atoms with Gasteiger partial charge in [0.1, 0.15) is 0 Å². The van der Waals surface area contributed by atoms with E-state index in [4.69, 9.17) is 4.74 Å². The average molecular weight is 321 g/mol. The number of hydrogen-bond acceptors (Lipinski definition) is 3. The van der Waals surface area contributed by atoms with Crippen LogP contribution >= 0.6 is 15.9 Å². The zero-order chi connectivity index (χ0) is 13.8. The molecule has 3 nitrogen and oxygen atoms in total. The van der Waals surface area contributed by atoms with E-state index in [-0.39, 0.29) is 0 Å². The van der Waals surface area contributed by atoms with E-state index in [1.165, 1.54) is 5.56 Å². The molecule has 0 spiro atoms. The third-order valence-electron chi connectivity index (χ3n) is 3.06. The van der Waals surface area contributed by atoms with Crippen LogP contribution in [0.3, 0.4) is 0 Å². The molecule has 0 bridgehead atoms. The average Bonchev–Trinajstić information content (AvgIpc) is 2.46. The summed E-state index contributed by atoms with van der Waals surface area (Å²) in [5.41, 5.74) is 4.34. The fourth-order valence-electron chi connectivity index (χ4n) is 2.07. The molecule has 2 heterocycles. The zero-order valence-electron chi connectivity index (χ0n) is 11.4. The molecule has 0 saturated carbocycles. The van der Waals surface area contributed by atoms with Crippen LogP contribution in [0.1, 0.15) is 25.1 Å². The molecule has 0 aliphatic rings. The maximum atomic E-state index is 5.18. The summed E-state index contributed by atoms with van der Waals surface area (Å²) in [6.07, 6.45) is 3.63. The van der Waals surface area contributed by atoms with E-state index < -0.39 is 0 Å². The molecule has 0 aliphatic carbocycles. The maximum Gasteiger partial charge on any atom is 0.213 e. The first-order valence-electron chi connectivity index (χ1n) is 6.38. The Labute approximate surface area is 122 Å². The van der Waals surface area contributed by atoms with Crippen molar-refractivity contribution in [1.29, 1.82) is 0 Å². The number of aryl methyl sites for hydroxylation is 2. The van der Waals surface area contributed by atoms with Crippen LogP contribution in [-0.4, -0.2) is 17.1 Å². The van der Waals surface area contributed by atoms with Crippen LogP contribution in [0.2, 0.25) is 0 Å². The van der Waals surface area contributed by atoms with Crippen molar-refractivity contribution in [1.82, 2.24) is 9.97 Å². The van der Waals surface area contributed by atoms with Gasteiger partial charge in [-0.15, -0.1) is 0 Å². The first-order chi connectivity index (χ1) is 9.19. The highest BCUT2D eigenvalue weighted by Gasteiger charge is 2.12.